The van der Waals surface area contributed by atoms with E-state index >= 15 is 0 Å². The number of halogens is 1. The highest BCUT2D eigenvalue weighted by molar-refractivity contribution is 9.10. The third kappa shape index (κ3) is 3.55. The molecule has 0 radical (unpaired) electrons. The first-order valence-electron chi connectivity index (χ1n) is 7.04. The maximum Gasteiger partial charge on any atom is 0.338 e. The highest BCUT2D eigenvalue weighted by atomic mass is 79.9. The smallest absolute Gasteiger partial charge is 0.338 e. The average molecular weight is 402 g/mol. The van der Waals surface area contributed by atoms with Crippen molar-refractivity contribution in [3.8, 4) is 10.4 Å². The van der Waals surface area contributed by atoms with Gasteiger partial charge in [-0.25, -0.2) is 4.79 Å². The number of amides is 1. The Balaban J connectivity index is 1.92. The van der Waals surface area contributed by atoms with Gasteiger partial charge < -0.3 is 10.4 Å². The van der Waals surface area contributed by atoms with Gasteiger partial charge in [-0.05, 0) is 35.9 Å². The lowest BCUT2D eigenvalue weighted by Gasteiger charge is -2.04. The summed E-state index contributed by atoms with van der Waals surface area (Å²) in [5.41, 5.74) is 1.46. The molecule has 0 atom stereocenters. The molecule has 0 unspecified atom stereocenters. The van der Waals surface area contributed by atoms with Crippen molar-refractivity contribution in [1.82, 2.24) is 0 Å². The quantitative estimate of drug-likeness (QED) is 0.636. The zero-order chi connectivity index (χ0) is 17.1. The molecule has 0 fully saturated rings. The van der Waals surface area contributed by atoms with E-state index in [1.807, 2.05) is 30.3 Å². The fourth-order valence-corrected chi connectivity index (χ4v) is 3.48. The Morgan fingerprint density at radius 2 is 1.67 bits per heavy atom. The number of thiophene rings is 1. The number of anilines is 1. The number of hydrogen-bond acceptors (Lipinski definition) is 3. The van der Waals surface area contributed by atoms with Crippen LogP contribution in [0.1, 0.15) is 20.7 Å². The molecule has 0 aliphatic heterocycles. The van der Waals surface area contributed by atoms with Gasteiger partial charge in [0.1, 0.15) is 5.00 Å². The molecule has 2 aromatic carbocycles. The van der Waals surface area contributed by atoms with Crippen molar-refractivity contribution < 1.29 is 14.7 Å². The Bertz CT molecular complexity index is 888. The van der Waals surface area contributed by atoms with Gasteiger partial charge in [0.15, 0.2) is 0 Å². The number of aromatic carboxylic acids is 1. The van der Waals surface area contributed by atoms with Gasteiger partial charge in [-0.3, -0.25) is 4.79 Å². The summed E-state index contributed by atoms with van der Waals surface area (Å²) >= 11 is 4.56. The molecule has 3 rings (SSSR count). The molecule has 120 valence electrons. The van der Waals surface area contributed by atoms with Crippen LogP contribution in [0.3, 0.4) is 0 Å². The van der Waals surface area contributed by atoms with E-state index in [9.17, 15) is 14.7 Å². The van der Waals surface area contributed by atoms with Gasteiger partial charge in [0.25, 0.3) is 5.91 Å². The Morgan fingerprint density at radius 3 is 2.29 bits per heavy atom. The predicted octanol–water partition coefficient (Wildman–Crippen LogP) is 5.13. The molecule has 0 saturated carbocycles. The lowest BCUT2D eigenvalue weighted by Crippen LogP contribution is -2.12. The van der Waals surface area contributed by atoms with Crippen molar-refractivity contribution in [2.24, 2.45) is 0 Å². The van der Waals surface area contributed by atoms with E-state index in [1.54, 1.807) is 30.3 Å². The van der Waals surface area contributed by atoms with Gasteiger partial charge in [0.05, 0.1) is 5.56 Å². The SMILES string of the molecule is O=C(Nc1sc(-c2ccccc2)cc1C(=O)O)c1ccc(Br)cc1. The number of hydrogen-bond donors (Lipinski definition) is 2. The van der Waals surface area contributed by atoms with Crippen LogP contribution >= 0.6 is 27.3 Å². The van der Waals surface area contributed by atoms with Gasteiger partial charge in [0, 0.05) is 14.9 Å². The molecule has 3 aromatic rings. The molecule has 1 amide bonds. The number of benzene rings is 2. The summed E-state index contributed by atoms with van der Waals surface area (Å²) in [4.78, 5) is 24.6. The van der Waals surface area contributed by atoms with E-state index in [2.05, 4.69) is 21.2 Å². The molecule has 0 aliphatic carbocycles. The number of nitrogens with one attached hydrogen (secondary N) is 1. The molecule has 0 spiro atoms. The molecule has 1 aromatic heterocycles. The van der Waals surface area contributed by atoms with Crippen molar-refractivity contribution >= 4 is 44.1 Å². The van der Waals surface area contributed by atoms with Crippen molar-refractivity contribution in [1.29, 1.82) is 0 Å². The molecule has 1 heterocycles. The lowest BCUT2D eigenvalue weighted by molar-refractivity contribution is 0.0698. The second-order valence-electron chi connectivity index (χ2n) is 4.99. The van der Waals surface area contributed by atoms with Crippen molar-refractivity contribution in [2.75, 3.05) is 5.32 Å². The van der Waals surface area contributed by atoms with Crippen molar-refractivity contribution in [3.63, 3.8) is 0 Å². The summed E-state index contributed by atoms with van der Waals surface area (Å²) in [6.45, 7) is 0. The monoisotopic (exact) mass is 401 g/mol. The normalized spacial score (nSPS) is 10.4. The van der Waals surface area contributed by atoms with Crippen LogP contribution in [-0.4, -0.2) is 17.0 Å². The maximum absolute atomic E-state index is 12.3. The van der Waals surface area contributed by atoms with Crippen LogP contribution in [0, 0.1) is 0 Å². The van der Waals surface area contributed by atoms with Gasteiger partial charge in [-0.15, -0.1) is 11.3 Å². The second kappa shape index (κ2) is 6.98. The van der Waals surface area contributed by atoms with E-state index in [0.717, 1.165) is 14.9 Å². The van der Waals surface area contributed by atoms with Gasteiger partial charge >= 0.3 is 5.97 Å². The Hall–Kier alpha value is -2.44. The van der Waals surface area contributed by atoms with Gasteiger partial charge in [-0.2, -0.15) is 0 Å². The minimum Gasteiger partial charge on any atom is -0.478 e. The number of rotatable bonds is 4. The number of carbonyl (C=O) groups excluding carboxylic acids is 1. The van der Waals surface area contributed by atoms with Gasteiger partial charge in [-0.1, -0.05) is 46.3 Å². The Labute approximate surface area is 150 Å². The van der Waals surface area contributed by atoms with E-state index in [-0.39, 0.29) is 11.5 Å². The van der Waals surface area contributed by atoms with Crippen LogP contribution in [0.2, 0.25) is 0 Å². The molecule has 0 aliphatic rings. The zero-order valence-electron chi connectivity index (χ0n) is 12.3. The summed E-state index contributed by atoms with van der Waals surface area (Å²) < 4.78 is 0.868. The lowest BCUT2D eigenvalue weighted by atomic mass is 10.1. The van der Waals surface area contributed by atoms with E-state index in [4.69, 9.17) is 0 Å². The highest BCUT2D eigenvalue weighted by Crippen LogP contribution is 2.35. The molecule has 0 bridgehead atoms. The summed E-state index contributed by atoms with van der Waals surface area (Å²) in [6, 6.07) is 17.9. The van der Waals surface area contributed by atoms with Crippen LogP contribution in [0.15, 0.2) is 65.1 Å². The largest absolute Gasteiger partial charge is 0.478 e. The van der Waals surface area contributed by atoms with Crippen molar-refractivity contribution in [3.05, 3.63) is 76.3 Å². The minimum atomic E-state index is -1.07. The number of carboxylic acid groups (broad SMARTS) is 1. The summed E-state index contributed by atoms with van der Waals surface area (Å²) in [7, 11) is 0. The zero-order valence-corrected chi connectivity index (χ0v) is 14.7. The number of carbonyl (C=O) groups is 2. The first-order valence-corrected chi connectivity index (χ1v) is 8.65. The van der Waals surface area contributed by atoms with E-state index < -0.39 is 5.97 Å². The fourth-order valence-electron chi connectivity index (χ4n) is 2.16. The first kappa shape index (κ1) is 16.4. The number of carboxylic acids is 1. The Kier molecular flexibility index (Phi) is 4.78. The van der Waals surface area contributed by atoms with Crippen LogP contribution in [0.4, 0.5) is 5.00 Å². The maximum atomic E-state index is 12.3. The van der Waals surface area contributed by atoms with Crippen LogP contribution < -0.4 is 5.32 Å². The third-order valence-electron chi connectivity index (χ3n) is 3.35. The minimum absolute atomic E-state index is 0.0873. The molecular weight excluding hydrogens is 390 g/mol. The molecule has 6 heteroatoms. The van der Waals surface area contributed by atoms with E-state index in [0.29, 0.717) is 10.6 Å². The molecular formula is C18H12BrNO3S. The first-order chi connectivity index (χ1) is 11.5. The van der Waals surface area contributed by atoms with Crippen molar-refractivity contribution in [2.45, 2.75) is 0 Å². The topological polar surface area (TPSA) is 66.4 Å². The summed E-state index contributed by atoms with van der Waals surface area (Å²) in [5, 5.41) is 12.4. The van der Waals surface area contributed by atoms with E-state index in [1.165, 1.54) is 11.3 Å². The third-order valence-corrected chi connectivity index (χ3v) is 4.98. The highest BCUT2D eigenvalue weighted by Gasteiger charge is 2.18. The molecule has 24 heavy (non-hydrogen) atoms. The summed E-state index contributed by atoms with van der Waals surface area (Å²) in [6.07, 6.45) is 0. The molecule has 0 saturated heterocycles. The molecule has 4 nitrogen and oxygen atoms in total. The molecule has 2 N–H and O–H groups in total. The predicted molar refractivity (Wildman–Crippen MR) is 98.8 cm³/mol. The summed E-state index contributed by atoms with van der Waals surface area (Å²) in [5.74, 6) is -1.41. The van der Waals surface area contributed by atoms with Gasteiger partial charge in [0.2, 0.25) is 0 Å². The standard InChI is InChI=1S/C18H12BrNO3S/c19-13-8-6-12(7-9-13)16(21)20-17-14(18(22)23)10-15(24-17)11-4-2-1-3-5-11/h1-10H,(H,20,21)(H,22,23). The van der Waals surface area contributed by atoms with Crippen LogP contribution in [0.25, 0.3) is 10.4 Å². The van der Waals surface area contributed by atoms with Crippen LogP contribution in [-0.2, 0) is 0 Å². The average Bonchev–Trinajstić information content (AvgIpc) is 3.00. The fraction of sp³-hybridized carbons (Fsp3) is 0. The second-order valence-corrected chi connectivity index (χ2v) is 6.95. The Morgan fingerprint density at radius 1 is 1.00 bits per heavy atom. The van der Waals surface area contributed by atoms with Crippen LogP contribution in [0.5, 0.6) is 0 Å².